The Balaban J connectivity index is 2.62. The molecule has 0 aliphatic rings. The molecular weight excluding hydrogens is 260 g/mol. The number of amides is 1. The summed E-state index contributed by atoms with van der Waals surface area (Å²) in [6.07, 6.45) is 0. The fourth-order valence-electron chi connectivity index (χ4n) is 1.13. The standard InChI is InChI=1S/C10H13BrN2O2/c1-15-8-2-3-9(11)7(4-8)5-13-6-10(12)14/h2-4,13H,5-6H2,1H3,(H2,12,14). The lowest BCUT2D eigenvalue weighted by molar-refractivity contribution is -0.117. The van der Waals surface area contributed by atoms with Gasteiger partial charge in [0.2, 0.25) is 5.91 Å². The van der Waals surface area contributed by atoms with E-state index in [9.17, 15) is 4.79 Å². The molecule has 0 spiro atoms. The van der Waals surface area contributed by atoms with Crippen LogP contribution in [0.2, 0.25) is 0 Å². The molecule has 82 valence electrons. The van der Waals surface area contributed by atoms with Crippen LogP contribution in [-0.2, 0) is 11.3 Å². The summed E-state index contributed by atoms with van der Waals surface area (Å²) in [5.41, 5.74) is 6.04. The summed E-state index contributed by atoms with van der Waals surface area (Å²) in [4.78, 5) is 10.5. The van der Waals surface area contributed by atoms with E-state index in [1.54, 1.807) is 7.11 Å². The number of rotatable bonds is 5. The second kappa shape index (κ2) is 5.72. The summed E-state index contributed by atoms with van der Waals surface area (Å²) in [6.45, 7) is 0.740. The number of benzene rings is 1. The largest absolute Gasteiger partial charge is 0.497 e. The van der Waals surface area contributed by atoms with Gasteiger partial charge in [-0.25, -0.2) is 0 Å². The van der Waals surface area contributed by atoms with E-state index in [0.717, 1.165) is 15.8 Å². The number of nitrogens with one attached hydrogen (secondary N) is 1. The molecule has 1 rings (SSSR count). The third kappa shape index (κ3) is 3.89. The minimum Gasteiger partial charge on any atom is -0.497 e. The topological polar surface area (TPSA) is 64.3 Å². The van der Waals surface area contributed by atoms with E-state index < -0.39 is 0 Å². The fraction of sp³-hybridized carbons (Fsp3) is 0.300. The van der Waals surface area contributed by atoms with Gasteiger partial charge in [-0.15, -0.1) is 0 Å². The number of halogens is 1. The number of hydrogen-bond donors (Lipinski definition) is 2. The van der Waals surface area contributed by atoms with Crippen molar-refractivity contribution in [3.8, 4) is 5.75 Å². The van der Waals surface area contributed by atoms with Crippen LogP contribution in [0.1, 0.15) is 5.56 Å². The molecule has 0 heterocycles. The lowest BCUT2D eigenvalue weighted by Crippen LogP contribution is -2.28. The Morgan fingerprint density at radius 1 is 1.60 bits per heavy atom. The molecule has 0 radical (unpaired) electrons. The van der Waals surface area contributed by atoms with Gasteiger partial charge in [0, 0.05) is 11.0 Å². The lowest BCUT2D eigenvalue weighted by atomic mass is 10.2. The summed E-state index contributed by atoms with van der Waals surface area (Å²) in [6, 6.07) is 5.67. The van der Waals surface area contributed by atoms with Crippen LogP contribution in [0.4, 0.5) is 0 Å². The molecular formula is C10H13BrN2O2. The zero-order chi connectivity index (χ0) is 11.3. The predicted molar refractivity (Wildman–Crippen MR) is 61.6 cm³/mol. The van der Waals surface area contributed by atoms with Gasteiger partial charge in [-0.1, -0.05) is 15.9 Å². The highest BCUT2D eigenvalue weighted by molar-refractivity contribution is 9.10. The number of nitrogens with two attached hydrogens (primary N) is 1. The molecule has 5 heteroatoms. The molecule has 0 saturated carbocycles. The van der Waals surface area contributed by atoms with Crippen molar-refractivity contribution in [2.24, 2.45) is 5.73 Å². The molecule has 1 amide bonds. The van der Waals surface area contributed by atoms with Crippen LogP contribution in [-0.4, -0.2) is 19.6 Å². The van der Waals surface area contributed by atoms with Crippen LogP contribution in [0.3, 0.4) is 0 Å². The van der Waals surface area contributed by atoms with Crippen LogP contribution < -0.4 is 15.8 Å². The van der Waals surface area contributed by atoms with Gasteiger partial charge in [0.1, 0.15) is 5.75 Å². The summed E-state index contributed by atoms with van der Waals surface area (Å²) < 4.78 is 6.07. The van der Waals surface area contributed by atoms with Crippen LogP contribution in [0.5, 0.6) is 5.75 Å². The third-order valence-electron chi connectivity index (χ3n) is 1.87. The zero-order valence-electron chi connectivity index (χ0n) is 8.42. The Morgan fingerprint density at radius 3 is 2.93 bits per heavy atom. The SMILES string of the molecule is COc1ccc(Br)c(CNCC(N)=O)c1. The summed E-state index contributed by atoms with van der Waals surface area (Å²) >= 11 is 3.42. The van der Waals surface area contributed by atoms with E-state index in [1.807, 2.05) is 18.2 Å². The predicted octanol–water partition coefficient (Wildman–Crippen LogP) is 1.03. The van der Waals surface area contributed by atoms with Crippen molar-refractivity contribution in [1.29, 1.82) is 0 Å². The zero-order valence-corrected chi connectivity index (χ0v) is 10.0. The van der Waals surface area contributed by atoms with Gasteiger partial charge in [0.05, 0.1) is 13.7 Å². The normalized spacial score (nSPS) is 10.0. The Bertz CT molecular complexity index is 355. The number of ether oxygens (including phenoxy) is 1. The highest BCUT2D eigenvalue weighted by atomic mass is 79.9. The number of primary amides is 1. The van der Waals surface area contributed by atoms with E-state index in [1.165, 1.54) is 0 Å². The van der Waals surface area contributed by atoms with Crippen molar-refractivity contribution in [3.05, 3.63) is 28.2 Å². The molecule has 0 aromatic heterocycles. The molecule has 3 N–H and O–H groups in total. The Hall–Kier alpha value is -1.07. The lowest BCUT2D eigenvalue weighted by Gasteiger charge is -2.07. The first-order valence-electron chi connectivity index (χ1n) is 4.45. The molecule has 0 unspecified atom stereocenters. The molecule has 0 fully saturated rings. The maximum absolute atomic E-state index is 10.5. The quantitative estimate of drug-likeness (QED) is 0.842. The maximum atomic E-state index is 10.5. The van der Waals surface area contributed by atoms with Gasteiger partial charge in [-0.3, -0.25) is 4.79 Å². The van der Waals surface area contributed by atoms with Crippen LogP contribution in [0.15, 0.2) is 22.7 Å². The molecule has 1 aromatic carbocycles. The van der Waals surface area contributed by atoms with Crippen LogP contribution >= 0.6 is 15.9 Å². The second-order valence-corrected chi connectivity index (χ2v) is 3.88. The van der Waals surface area contributed by atoms with E-state index >= 15 is 0 Å². The highest BCUT2D eigenvalue weighted by Crippen LogP contribution is 2.22. The third-order valence-corrected chi connectivity index (χ3v) is 2.64. The van der Waals surface area contributed by atoms with E-state index in [4.69, 9.17) is 10.5 Å². The average molecular weight is 273 g/mol. The van der Waals surface area contributed by atoms with Crippen molar-refractivity contribution in [3.63, 3.8) is 0 Å². The first kappa shape index (κ1) is 12.0. The van der Waals surface area contributed by atoms with Crippen molar-refractivity contribution in [2.75, 3.05) is 13.7 Å². The molecule has 0 saturated heterocycles. The van der Waals surface area contributed by atoms with Gasteiger partial charge in [0.15, 0.2) is 0 Å². The Kier molecular flexibility index (Phi) is 4.58. The van der Waals surface area contributed by atoms with Crippen molar-refractivity contribution >= 4 is 21.8 Å². The fourth-order valence-corrected chi connectivity index (χ4v) is 1.52. The maximum Gasteiger partial charge on any atom is 0.231 e. The van der Waals surface area contributed by atoms with E-state index in [0.29, 0.717) is 6.54 Å². The molecule has 0 bridgehead atoms. The molecule has 15 heavy (non-hydrogen) atoms. The van der Waals surface area contributed by atoms with Crippen molar-refractivity contribution in [1.82, 2.24) is 5.32 Å². The summed E-state index contributed by atoms with van der Waals surface area (Å²) in [7, 11) is 1.61. The minimum atomic E-state index is -0.367. The van der Waals surface area contributed by atoms with Gasteiger partial charge < -0.3 is 15.8 Å². The van der Waals surface area contributed by atoms with Crippen molar-refractivity contribution in [2.45, 2.75) is 6.54 Å². The summed E-state index contributed by atoms with van der Waals surface area (Å²) in [5, 5.41) is 2.93. The Morgan fingerprint density at radius 2 is 2.33 bits per heavy atom. The van der Waals surface area contributed by atoms with Crippen LogP contribution in [0.25, 0.3) is 0 Å². The van der Waals surface area contributed by atoms with Gasteiger partial charge in [0.25, 0.3) is 0 Å². The average Bonchev–Trinajstić information content (AvgIpc) is 2.20. The number of methoxy groups -OCH3 is 1. The first-order valence-corrected chi connectivity index (χ1v) is 5.24. The second-order valence-electron chi connectivity index (χ2n) is 3.03. The molecule has 4 nitrogen and oxygen atoms in total. The molecule has 0 aliphatic heterocycles. The van der Waals surface area contributed by atoms with Gasteiger partial charge >= 0.3 is 0 Å². The smallest absolute Gasteiger partial charge is 0.231 e. The van der Waals surface area contributed by atoms with E-state index in [2.05, 4.69) is 21.2 Å². The highest BCUT2D eigenvalue weighted by Gasteiger charge is 2.02. The molecule has 0 aliphatic carbocycles. The molecule has 1 aromatic rings. The van der Waals surface area contributed by atoms with E-state index in [-0.39, 0.29) is 12.5 Å². The van der Waals surface area contributed by atoms with Gasteiger partial charge in [-0.2, -0.15) is 0 Å². The minimum absolute atomic E-state index is 0.170. The molecule has 0 atom stereocenters. The monoisotopic (exact) mass is 272 g/mol. The van der Waals surface area contributed by atoms with Gasteiger partial charge in [-0.05, 0) is 23.8 Å². The first-order chi connectivity index (χ1) is 7.13. The van der Waals surface area contributed by atoms with Crippen molar-refractivity contribution < 1.29 is 9.53 Å². The van der Waals surface area contributed by atoms with Crippen LogP contribution in [0, 0.1) is 0 Å². The number of carbonyl (C=O) groups excluding carboxylic acids is 1. The summed E-state index contributed by atoms with van der Waals surface area (Å²) in [5.74, 6) is 0.420. The Labute approximate surface area is 96.9 Å². The number of hydrogen-bond acceptors (Lipinski definition) is 3. The number of carbonyl (C=O) groups is 1.